The summed E-state index contributed by atoms with van der Waals surface area (Å²) >= 11 is 0. The van der Waals surface area contributed by atoms with E-state index in [9.17, 15) is 0 Å². The first-order chi connectivity index (χ1) is 3.91. The highest BCUT2D eigenvalue weighted by atomic mass is 14.8. The Bertz CT molecular complexity index is 73.1. The van der Waals surface area contributed by atoms with E-state index in [4.69, 9.17) is 5.26 Å². The maximum atomic E-state index is 8.10. The molecular weight excluding hydrogens is 100 g/mol. The van der Waals surface area contributed by atoms with E-state index in [1.165, 1.54) is 6.42 Å². The number of quaternary nitrogens is 1. The second-order valence-corrected chi connectivity index (χ2v) is 1.77. The molecular formula is C6H13N2+. The minimum absolute atomic E-state index is 0.681. The SMILES string of the molecule is CCC[NH2+]CCC#N. The highest BCUT2D eigenvalue weighted by molar-refractivity contribution is 4.65. The quantitative estimate of drug-likeness (QED) is 0.507. The van der Waals surface area contributed by atoms with Crippen molar-refractivity contribution in [2.45, 2.75) is 19.8 Å². The summed E-state index contributed by atoms with van der Waals surface area (Å²) in [5.74, 6) is 0. The maximum absolute atomic E-state index is 8.10. The average molecular weight is 113 g/mol. The lowest BCUT2D eigenvalue weighted by atomic mass is 10.4. The molecule has 2 nitrogen and oxygen atoms in total. The highest BCUT2D eigenvalue weighted by Crippen LogP contribution is 1.63. The van der Waals surface area contributed by atoms with Gasteiger partial charge in [0.25, 0.3) is 0 Å². The van der Waals surface area contributed by atoms with E-state index in [-0.39, 0.29) is 0 Å². The molecule has 0 fully saturated rings. The van der Waals surface area contributed by atoms with Crippen molar-refractivity contribution in [1.82, 2.24) is 0 Å². The smallest absolute Gasteiger partial charge is 0.0887 e. The Kier molecular flexibility index (Phi) is 6.01. The molecule has 0 saturated heterocycles. The number of hydrogen-bond acceptors (Lipinski definition) is 1. The van der Waals surface area contributed by atoms with Gasteiger partial charge in [-0.2, -0.15) is 5.26 Å². The minimum Gasteiger partial charge on any atom is -0.345 e. The molecule has 0 amide bonds. The van der Waals surface area contributed by atoms with Gasteiger partial charge in [0, 0.05) is 0 Å². The zero-order valence-electron chi connectivity index (χ0n) is 5.35. The van der Waals surface area contributed by atoms with Crippen LogP contribution in [-0.2, 0) is 0 Å². The summed E-state index contributed by atoms with van der Waals surface area (Å²) in [4.78, 5) is 0. The second kappa shape index (κ2) is 6.45. The third-order valence-corrected chi connectivity index (χ3v) is 0.953. The fourth-order valence-electron chi connectivity index (χ4n) is 0.515. The Morgan fingerprint density at radius 2 is 2.25 bits per heavy atom. The molecule has 0 rings (SSSR count). The largest absolute Gasteiger partial charge is 0.345 e. The Hall–Kier alpha value is -0.550. The van der Waals surface area contributed by atoms with Gasteiger partial charge in [-0.15, -0.1) is 0 Å². The van der Waals surface area contributed by atoms with Gasteiger partial charge in [0.1, 0.15) is 0 Å². The fraction of sp³-hybridized carbons (Fsp3) is 0.833. The first-order valence-corrected chi connectivity index (χ1v) is 3.10. The molecule has 0 saturated carbocycles. The summed E-state index contributed by atoms with van der Waals surface area (Å²) in [6, 6.07) is 2.10. The second-order valence-electron chi connectivity index (χ2n) is 1.77. The van der Waals surface area contributed by atoms with Gasteiger partial charge in [-0.25, -0.2) is 0 Å². The van der Waals surface area contributed by atoms with Gasteiger partial charge in [0.15, 0.2) is 0 Å². The number of rotatable bonds is 4. The third-order valence-electron chi connectivity index (χ3n) is 0.953. The van der Waals surface area contributed by atoms with Crippen LogP contribution in [-0.4, -0.2) is 13.1 Å². The molecule has 0 aliphatic carbocycles. The van der Waals surface area contributed by atoms with Crippen LogP contribution in [0.4, 0.5) is 0 Å². The van der Waals surface area contributed by atoms with Crippen LogP contribution in [0.3, 0.4) is 0 Å². The van der Waals surface area contributed by atoms with Crippen molar-refractivity contribution >= 4 is 0 Å². The van der Waals surface area contributed by atoms with E-state index < -0.39 is 0 Å². The topological polar surface area (TPSA) is 40.4 Å². The number of nitriles is 1. The molecule has 2 heteroatoms. The lowest BCUT2D eigenvalue weighted by Gasteiger charge is -1.91. The monoisotopic (exact) mass is 113 g/mol. The van der Waals surface area contributed by atoms with Crippen molar-refractivity contribution in [3.8, 4) is 6.07 Å². The zero-order valence-corrected chi connectivity index (χ0v) is 5.35. The summed E-state index contributed by atoms with van der Waals surface area (Å²) in [6.07, 6.45) is 1.88. The van der Waals surface area contributed by atoms with Crippen molar-refractivity contribution in [3.63, 3.8) is 0 Å². The third kappa shape index (κ3) is 5.45. The number of nitrogens with zero attached hydrogens (tertiary/aromatic N) is 1. The highest BCUT2D eigenvalue weighted by Gasteiger charge is 1.84. The summed E-state index contributed by atoms with van der Waals surface area (Å²) in [7, 11) is 0. The van der Waals surface area contributed by atoms with E-state index in [0.29, 0.717) is 6.42 Å². The van der Waals surface area contributed by atoms with E-state index in [1.54, 1.807) is 0 Å². The molecule has 0 aromatic rings. The molecule has 0 aromatic carbocycles. The lowest BCUT2D eigenvalue weighted by Crippen LogP contribution is -2.84. The van der Waals surface area contributed by atoms with Crippen molar-refractivity contribution < 1.29 is 5.32 Å². The van der Waals surface area contributed by atoms with Gasteiger partial charge in [-0.05, 0) is 6.42 Å². The first kappa shape index (κ1) is 7.45. The van der Waals surface area contributed by atoms with E-state index in [0.717, 1.165) is 13.1 Å². The van der Waals surface area contributed by atoms with E-state index in [1.807, 2.05) is 0 Å². The standard InChI is InChI=1S/C6H12N2/c1-2-5-8-6-3-4-7/h8H,2-3,5-6H2,1H3/p+1. The van der Waals surface area contributed by atoms with Crippen LogP contribution in [0.15, 0.2) is 0 Å². The maximum Gasteiger partial charge on any atom is 0.0887 e. The van der Waals surface area contributed by atoms with Gasteiger partial charge in [-0.3, -0.25) is 0 Å². The van der Waals surface area contributed by atoms with Crippen molar-refractivity contribution in [1.29, 1.82) is 5.26 Å². The molecule has 2 N–H and O–H groups in total. The van der Waals surface area contributed by atoms with Crippen molar-refractivity contribution in [2.75, 3.05) is 13.1 Å². The molecule has 0 bridgehead atoms. The Morgan fingerprint density at radius 1 is 1.50 bits per heavy atom. The van der Waals surface area contributed by atoms with E-state index >= 15 is 0 Å². The molecule has 46 valence electrons. The van der Waals surface area contributed by atoms with Crippen LogP contribution < -0.4 is 5.32 Å². The van der Waals surface area contributed by atoms with Crippen LogP contribution in [0.2, 0.25) is 0 Å². The normalized spacial score (nSPS) is 8.50. The predicted molar refractivity (Wildman–Crippen MR) is 32.2 cm³/mol. The molecule has 8 heavy (non-hydrogen) atoms. The molecule has 0 aliphatic rings. The Balaban J connectivity index is 2.65. The molecule has 0 unspecified atom stereocenters. The van der Waals surface area contributed by atoms with Crippen LogP contribution in [0.5, 0.6) is 0 Å². The average Bonchev–Trinajstić information content (AvgIpc) is 1.81. The lowest BCUT2D eigenvalue weighted by molar-refractivity contribution is -0.653. The molecule has 0 aliphatic heterocycles. The van der Waals surface area contributed by atoms with Crippen LogP contribution in [0, 0.1) is 11.3 Å². The van der Waals surface area contributed by atoms with Crippen LogP contribution in [0.1, 0.15) is 19.8 Å². The molecule has 0 atom stereocenters. The predicted octanol–water partition coefficient (Wildman–Crippen LogP) is -0.127. The fourth-order valence-corrected chi connectivity index (χ4v) is 0.515. The number of nitrogens with two attached hydrogens (primary N) is 1. The van der Waals surface area contributed by atoms with Gasteiger partial charge in [0.05, 0.1) is 25.6 Å². The summed E-state index contributed by atoms with van der Waals surface area (Å²) in [6.45, 7) is 4.26. The Morgan fingerprint density at radius 3 is 2.75 bits per heavy atom. The van der Waals surface area contributed by atoms with Crippen LogP contribution >= 0.6 is 0 Å². The summed E-state index contributed by atoms with van der Waals surface area (Å²) in [5, 5.41) is 10.3. The van der Waals surface area contributed by atoms with Crippen molar-refractivity contribution in [2.24, 2.45) is 0 Å². The van der Waals surface area contributed by atoms with Gasteiger partial charge < -0.3 is 5.32 Å². The first-order valence-electron chi connectivity index (χ1n) is 3.10. The summed E-state index contributed by atoms with van der Waals surface area (Å²) in [5.41, 5.74) is 0. The molecule has 0 spiro atoms. The minimum atomic E-state index is 0.681. The zero-order chi connectivity index (χ0) is 6.24. The summed E-state index contributed by atoms with van der Waals surface area (Å²) < 4.78 is 0. The number of hydrogen-bond donors (Lipinski definition) is 1. The van der Waals surface area contributed by atoms with Gasteiger partial charge in [-0.1, -0.05) is 6.92 Å². The van der Waals surface area contributed by atoms with Gasteiger partial charge >= 0.3 is 0 Å². The van der Waals surface area contributed by atoms with Crippen molar-refractivity contribution in [3.05, 3.63) is 0 Å². The molecule has 0 heterocycles. The molecule has 0 radical (unpaired) electrons. The van der Waals surface area contributed by atoms with E-state index in [2.05, 4.69) is 18.3 Å². The molecule has 0 aromatic heterocycles. The van der Waals surface area contributed by atoms with Crippen LogP contribution in [0.25, 0.3) is 0 Å². The Labute approximate surface area is 50.5 Å². The van der Waals surface area contributed by atoms with Gasteiger partial charge in [0.2, 0.25) is 0 Å².